The second-order valence-corrected chi connectivity index (χ2v) is 3.32. The molecule has 0 radical (unpaired) electrons. The molecule has 0 aliphatic heterocycles. The summed E-state index contributed by atoms with van der Waals surface area (Å²) in [6.07, 6.45) is 1.76. The zero-order valence-electron chi connectivity index (χ0n) is 7.68. The smallest absolute Gasteiger partial charge is 0.101 e. The third-order valence-corrected chi connectivity index (χ3v) is 2.25. The maximum absolute atomic E-state index is 8.84. The highest BCUT2D eigenvalue weighted by molar-refractivity contribution is 5.88. The van der Waals surface area contributed by atoms with Crippen LogP contribution < -0.4 is 0 Å². The minimum absolute atomic E-state index is 0.724. The van der Waals surface area contributed by atoms with Gasteiger partial charge in [-0.25, -0.2) is 0 Å². The van der Waals surface area contributed by atoms with Gasteiger partial charge in [-0.2, -0.15) is 5.26 Å². The van der Waals surface area contributed by atoms with Crippen molar-refractivity contribution in [2.24, 2.45) is 0 Å². The largest absolute Gasteiger partial charge is 0.360 e. The Labute approximate surface area is 76.8 Å². The number of nitriles is 1. The normalized spacial score (nSPS) is 10.2. The third-order valence-electron chi connectivity index (χ3n) is 2.25. The molecule has 0 unspecified atom stereocenters. The first-order valence-electron chi connectivity index (χ1n) is 4.21. The van der Waals surface area contributed by atoms with Crippen LogP contribution in [0.25, 0.3) is 10.9 Å². The Hall–Kier alpha value is -1.75. The van der Waals surface area contributed by atoms with E-state index in [0.29, 0.717) is 0 Å². The molecule has 1 aromatic carbocycles. The van der Waals surface area contributed by atoms with Gasteiger partial charge in [0.15, 0.2) is 0 Å². The number of rotatable bonds is 0. The van der Waals surface area contributed by atoms with E-state index in [0.717, 1.165) is 16.5 Å². The fourth-order valence-electron chi connectivity index (χ4n) is 1.69. The average molecular weight is 170 g/mol. The predicted octanol–water partition coefficient (Wildman–Crippen LogP) is 2.66. The highest BCUT2D eigenvalue weighted by Gasteiger charge is 2.04. The highest BCUT2D eigenvalue weighted by Crippen LogP contribution is 2.22. The van der Waals surface area contributed by atoms with E-state index < -0.39 is 0 Å². The molecule has 0 atom stereocenters. The van der Waals surface area contributed by atoms with E-state index in [1.54, 1.807) is 6.20 Å². The van der Waals surface area contributed by atoms with Crippen LogP contribution in [0.3, 0.4) is 0 Å². The minimum Gasteiger partial charge on any atom is -0.360 e. The van der Waals surface area contributed by atoms with E-state index in [2.05, 4.69) is 17.1 Å². The molecule has 2 heteroatoms. The number of hydrogen-bond acceptors (Lipinski definition) is 1. The number of H-pyrrole nitrogens is 1. The van der Waals surface area contributed by atoms with Crippen LogP contribution in [0.4, 0.5) is 0 Å². The number of nitrogens with zero attached hydrogens (tertiary/aromatic N) is 1. The molecule has 0 fully saturated rings. The van der Waals surface area contributed by atoms with Gasteiger partial charge in [0.05, 0.1) is 5.56 Å². The quantitative estimate of drug-likeness (QED) is 0.648. The molecule has 1 heterocycles. The summed E-state index contributed by atoms with van der Waals surface area (Å²) in [5.41, 5.74) is 4.18. The first-order valence-corrected chi connectivity index (χ1v) is 4.21. The van der Waals surface area contributed by atoms with E-state index in [4.69, 9.17) is 5.26 Å². The summed E-state index contributed by atoms with van der Waals surface area (Å²) in [5, 5.41) is 9.86. The zero-order valence-corrected chi connectivity index (χ0v) is 7.68. The van der Waals surface area contributed by atoms with Crippen LogP contribution in [0, 0.1) is 25.2 Å². The molecule has 0 aliphatic carbocycles. The van der Waals surface area contributed by atoms with Crippen molar-refractivity contribution in [3.63, 3.8) is 0 Å². The van der Waals surface area contributed by atoms with Gasteiger partial charge in [0.2, 0.25) is 0 Å². The minimum atomic E-state index is 0.724. The Balaban J connectivity index is 2.92. The van der Waals surface area contributed by atoms with E-state index in [1.165, 1.54) is 11.1 Å². The predicted molar refractivity (Wildman–Crippen MR) is 52.5 cm³/mol. The number of aromatic amines is 1. The van der Waals surface area contributed by atoms with Crippen molar-refractivity contribution < 1.29 is 0 Å². The SMILES string of the molecule is Cc1cc(C)c2[nH]cc(C#N)c2c1. The molecule has 0 saturated heterocycles. The van der Waals surface area contributed by atoms with Gasteiger partial charge >= 0.3 is 0 Å². The van der Waals surface area contributed by atoms with E-state index in [9.17, 15) is 0 Å². The lowest BCUT2D eigenvalue weighted by Gasteiger charge is -1.98. The molecule has 2 nitrogen and oxygen atoms in total. The Morgan fingerprint density at radius 2 is 2.08 bits per heavy atom. The third kappa shape index (κ3) is 1.09. The van der Waals surface area contributed by atoms with Crippen molar-refractivity contribution in [2.45, 2.75) is 13.8 Å². The highest BCUT2D eigenvalue weighted by atomic mass is 14.7. The van der Waals surface area contributed by atoms with Crippen molar-refractivity contribution in [1.82, 2.24) is 4.98 Å². The lowest BCUT2D eigenvalue weighted by molar-refractivity contribution is 1.38. The van der Waals surface area contributed by atoms with Gasteiger partial charge in [0.1, 0.15) is 6.07 Å². The topological polar surface area (TPSA) is 39.6 Å². The maximum Gasteiger partial charge on any atom is 0.101 e. The first kappa shape index (κ1) is 7.88. The van der Waals surface area contributed by atoms with Crippen molar-refractivity contribution in [3.8, 4) is 6.07 Å². The van der Waals surface area contributed by atoms with Crippen LogP contribution in [0.2, 0.25) is 0 Å². The molecule has 2 aromatic rings. The van der Waals surface area contributed by atoms with Crippen LogP contribution in [0.1, 0.15) is 16.7 Å². The first-order chi connectivity index (χ1) is 6.22. The van der Waals surface area contributed by atoms with Crippen molar-refractivity contribution in [3.05, 3.63) is 35.0 Å². The van der Waals surface area contributed by atoms with Crippen LogP contribution in [0.5, 0.6) is 0 Å². The van der Waals surface area contributed by atoms with Gasteiger partial charge in [0.25, 0.3) is 0 Å². The van der Waals surface area contributed by atoms with Crippen LogP contribution in [0.15, 0.2) is 18.3 Å². The lowest BCUT2D eigenvalue weighted by Crippen LogP contribution is -1.79. The molecule has 2 rings (SSSR count). The molecule has 1 aromatic heterocycles. The fourth-order valence-corrected chi connectivity index (χ4v) is 1.69. The molecule has 64 valence electrons. The van der Waals surface area contributed by atoms with Gasteiger partial charge < -0.3 is 4.98 Å². The van der Waals surface area contributed by atoms with Gasteiger partial charge in [-0.15, -0.1) is 0 Å². The molecule has 0 saturated carbocycles. The molecule has 13 heavy (non-hydrogen) atoms. The van der Waals surface area contributed by atoms with Crippen LogP contribution in [-0.4, -0.2) is 4.98 Å². The Morgan fingerprint density at radius 1 is 1.31 bits per heavy atom. The Bertz CT molecular complexity index is 501. The van der Waals surface area contributed by atoms with Gasteiger partial charge in [-0.3, -0.25) is 0 Å². The Kier molecular flexibility index (Phi) is 1.60. The van der Waals surface area contributed by atoms with E-state index >= 15 is 0 Å². The van der Waals surface area contributed by atoms with E-state index in [-0.39, 0.29) is 0 Å². The standard InChI is InChI=1S/C11H10N2/c1-7-3-8(2)11-10(4-7)9(5-12)6-13-11/h3-4,6,13H,1-2H3. The lowest BCUT2D eigenvalue weighted by atomic mass is 10.1. The van der Waals surface area contributed by atoms with Gasteiger partial charge in [-0.05, 0) is 25.5 Å². The van der Waals surface area contributed by atoms with Crippen molar-refractivity contribution in [2.75, 3.05) is 0 Å². The van der Waals surface area contributed by atoms with Crippen molar-refractivity contribution >= 4 is 10.9 Å². The van der Waals surface area contributed by atoms with Crippen LogP contribution >= 0.6 is 0 Å². The Morgan fingerprint density at radius 3 is 2.77 bits per heavy atom. The summed E-state index contributed by atoms with van der Waals surface area (Å²) in [4.78, 5) is 3.11. The second-order valence-electron chi connectivity index (χ2n) is 3.32. The maximum atomic E-state index is 8.84. The number of benzene rings is 1. The van der Waals surface area contributed by atoms with Gasteiger partial charge in [0, 0.05) is 17.1 Å². The molecule has 0 amide bonds. The van der Waals surface area contributed by atoms with Gasteiger partial charge in [-0.1, -0.05) is 11.6 Å². The van der Waals surface area contributed by atoms with E-state index in [1.807, 2.05) is 19.9 Å². The average Bonchev–Trinajstić information content (AvgIpc) is 2.47. The molecular weight excluding hydrogens is 160 g/mol. The second kappa shape index (κ2) is 2.63. The van der Waals surface area contributed by atoms with Crippen LogP contribution in [-0.2, 0) is 0 Å². The zero-order chi connectivity index (χ0) is 9.42. The molecular formula is C11H10N2. The molecule has 0 spiro atoms. The molecule has 0 bridgehead atoms. The summed E-state index contributed by atoms with van der Waals surface area (Å²) in [5.74, 6) is 0. The number of aromatic nitrogens is 1. The number of nitrogens with one attached hydrogen (secondary N) is 1. The fraction of sp³-hybridized carbons (Fsp3) is 0.182. The number of hydrogen-bond donors (Lipinski definition) is 1. The summed E-state index contributed by atoms with van der Waals surface area (Å²) in [6, 6.07) is 6.32. The number of aryl methyl sites for hydroxylation is 2. The number of fused-ring (bicyclic) bond motifs is 1. The monoisotopic (exact) mass is 170 g/mol. The molecule has 1 N–H and O–H groups in total. The summed E-state index contributed by atoms with van der Waals surface area (Å²) in [7, 11) is 0. The summed E-state index contributed by atoms with van der Waals surface area (Å²) >= 11 is 0. The summed E-state index contributed by atoms with van der Waals surface area (Å²) < 4.78 is 0. The summed E-state index contributed by atoms with van der Waals surface area (Å²) in [6.45, 7) is 4.09. The van der Waals surface area contributed by atoms with Crippen molar-refractivity contribution in [1.29, 1.82) is 5.26 Å². The molecule has 0 aliphatic rings.